The monoisotopic (exact) mass is 1150 g/mol. The van der Waals surface area contributed by atoms with Gasteiger partial charge in [0.1, 0.15) is 35.9 Å². The Morgan fingerprint density at radius 3 is 2.35 bits per heavy atom. The fourth-order valence-corrected chi connectivity index (χ4v) is 11.4. The number of nitrogens with one attached hydrogen (secondary N) is 6. The van der Waals surface area contributed by atoms with Crippen molar-refractivity contribution in [2.45, 2.75) is 138 Å². The van der Waals surface area contributed by atoms with Gasteiger partial charge in [-0.2, -0.15) is 8.78 Å². The average Bonchev–Trinajstić information content (AvgIpc) is 4.25. The number of nitrogens with zero attached hydrogens (tertiary/aromatic N) is 3. The zero-order valence-corrected chi connectivity index (χ0v) is 46.1. The molecular weight excluding hydrogens is 1090 g/mol. The number of fused-ring (bicyclic) bond motifs is 3. The van der Waals surface area contributed by atoms with Crippen molar-refractivity contribution >= 4 is 71.7 Å². The van der Waals surface area contributed by atoms with Gasteiger partial charge in [-0.15, -0.1) is 0 Å². The van der Waals surface area contributed by atoms with Crippen LogP contribution in [0.5, 0.6) is 0 Å². The number of rotatable bonds is 22. The minimum atomic E-state index is -5.88. The molecule has 0 saturated carbocycles. The summed E-state index contributed by atoms with van der Waals surface area (Å²) < 4.78 is 40.6. The second-order valence-electron chi connectivity index (χ2n) is 21.3. The van der Waals surface area contributed by atoms with Gasteiger partial charge in [0, 0.05) is 72.5 Å². The van der Waals surface area contributed by atoms with E-state index < -0.39 is 96.4 Å². The van der Waals surface area contributed by atoms with E-state index in [2.05, 4.69) is 43.4 Å². The Bertz CT molecular complexity index is 3230. The summed E-state index contributed by atoms with van der Waals surface area (Å²) in [4.78, 5) is 146. The zero-order chi connectivity index (χ0) is 58.9. The summed E-state index contributed by atoms with van der Waals surface area (Å²) in [5.74, 6) is 1.23. The summed E-state index contributed by atoms with van der Waals surface area (Å²) in [7, 11) is -4.12. The highest BCUT2D eigenvalue weighted by Crippen LogP contribution is 2.59. The van der Waals surface area contributed by atoms with Gasteiger partial charge in [-0.25, -0.2) is 0 Å². The number of piperidine rings is 1. The van der Waals surface area contributed by atoms with E-state index in [9.17, 15) is 66.3 Å². The molecule has 10 N–H and O–H groups in total. The number of H-pyrrole nitrogens is 1. The molecule has 1 aromatic heterocycles. The molecule has 4 aliphatic heterocycles. The van der Waals surface area contributed by atoms with Gasteiger partial charge < -0.3 is 56.5 Å². The van der Waals surface area contributed by atoms with Crippen LogP contribution in [0.4, 0.5) is 8.78 Å². The highest BCUT2D eigenvalue weighted by Gasteiger charge is 2.51. The Kier molecular flexibility index (Phi) is 19.4. The number of alkyl halides is 2. The molecule has 5 heterocycles. The predicted octanol–water partition coefficient (Wildman–Crippen LogP) is 3.46. The van der Waals surface area contributed by atoms with Crippen LogP contribution in [-0.4, -0.2) is 140 Å². The Hall–Kier alpha value is -7.84. The summed E-state index contributed by atoms with van der Waals surface area (Å²) >= 11 is 0. The van der Waals surface area contributed by atoms with Crippen molar-refractivity contribution in [1.82, 2.24) is 46.3 Å². The molecule has 0 aliphatic carbocycles. The molecule has 6 atom stereocenters. The van der Waals surface area contributed by atoms with Gasteiger partial charge in [0.15, 0.2) is 0 Å². The molecule has 436 valence electrons. The molecular formula is C57H67F2N10O12P. The van der Waals surface area contributed by atoms with Crippen molar-refractivity contribution in [3.63, 3.8) is 0 Å². The number of imide groups is 1. The van der Waals surface area contributed by atoms with Crippen molar-refractivity contribution in [2.75, 3.05) is 26.7 Å². The predicted molar refractivity (Wildman–Crippen MR) is 294 cm³/mol. The Morgan fingerprint density at radius 1 is 0.878 bits per heavy atom. The molecule has 4 aliphatic rings. The number of halogens is 2. The van der Waals surface area contributed by atoms with E-state index in [1.165, 1.54) is 15.9 Å². The molecule has 8 rings (SSSR count). The molecule has 22 nitrogen and oxygen atoms in total. The first-order chi connectivity index (χ1) is 39.1. The van der Waals surface area contributed by atoms with Crippen LogP contribution < -0.4 is 32.3 Å². The smallest absolute Gasteiger partial charge is 0.370 e. The lowest BCUT2D eigenvalue weighted by molar-refractivity contribution is -0.144. The van der Waals surface area contributed by atoms with Crippen LogP contribution in [0, 0.1) is 11.8 Å². The molecule has 82 heavy (non-hydrogen) atoms. The average molecular weight is 1150 g/mol. The largest absolute Gasteiger partial charge is 0.399 e. The lowest BCUT2D eigenvalue weighted by atomic mass is 10.0. The number of benzene rings is 3. The number of primary amides is 1. The maximum absolute atomic E-state index is 14.5. The Balaban J connectivity index is 0.828. The second kappa shape index (κ2) is 26.4. The zero-order valence-electron chi connectivity index (χ0n) is 45.2. The molecule has 3 fully saturated rings. The molecule has 0 bridgehead atoms. The topological polar surface area (TPSA) is 323 Å². The Labute approximate surface area is 471 Å². The fraction of sp³-hybridized carbons (Fsp3) is 0.456. The molecule has 0 spiro atoms. The quantitative estimate of drug-likeness (QED) is 0.0236. The van der Waals surface area contributed by atoms with Crippen LogP contribution >= 0.6 is 7.60 Å². The third-order valence-electron chi connectivity index (χ3n) is 15.4. The second-order valence-corrected chi connectivity index (χ2v) is 22.9. The molecule has 9 amide bonds. The van der Waals surface area contributed by atoms with Crippen molar-refractivity contribution < 1.29 is 66.3 Å². The van der Waals surface area contributed by atoms with Crippen molar-refractivity contribution in [1.29, 1.82) is 0 Å². The first-order valence-corrected chi connectivity index (χ1v) is 29.1. The molecule has 25 heteroatoms. The van der Waals surface area contributed by atoms with Gasteiger partial charge >= 0.3 is 13.3 Å². The lowest BCUT2D eigenvalue weighted by Crippen LogP contribution is -2.61. The molecule has 4 aromatic rings. The number of carbonyl (C=O) groups is 9. The van der Waals surface area contributed by atoms with Crippen molar-refractivity contribution in [2.24, 2.45) is 5.73 Å². The highest BCUT2D eigenvalue weighted by atomic mass is 31.2. The maximum atomic E-state index is 14.5. The fourth-order valence-electron chi connectivity index (χ4n) is 11.0. The molecule has 0 radical (unpaired) electrons. The lowest BCUT2D eigenvalue weighted by Gasteiger charge is -2.38. The number of aromatic amines is 1. The number of amides is 9. The Morgan fingerprint density at radius 2 is 1.62 bits per heavy atom. The van der Waals surface area contributed by atoms with Crippen LogP contribution in [0.15, 0.2) is 72.8 Å². The molecule has 3 saturated heterocycles. The minimum absolute atomic E-state index is 0.0215. The van der Waals surface area contributed by atoms with Crippen LogP contribution in [0.2, 0.25) is 0 Å². The van der Waals surface area contributed by atoms with Crippen LogP contribution in [0.1, 0.15) is 139 Å². The summed E-state index contributed by atoms with van der Waals surface area (Å²) in [5.41, 5.74) is 2.61. The van der Waals surface area contributed by atoms with Gasteiger partial charge in [0.05, 0.1) is 0 Å². The first kappa shape index (κ1) is 60.3. The van der Waals surface area contributed by atoms with E-state index in [0.29, 0.717) is 49.9 Å². The molecule has 3 aromatic carbocycles. The SMILES string of the molecule is CN1CC[C@H]2CC[C@@H](C(=O)N[C@@H](CCC(N)=O)C(=O)N[C@@H](C(=O)NCCCCCCCCC#Cc3cccc4c3CN(C3CCC(=O)NC3=O)C4=O)c3ccccc3)N2C(=O)[C@@H](NC(=O)c2cc3cc(C(F)(F)P(=O)(O)O)ccc3[nH]2)C1. The van der Waals surface area contributed by atoms with Crippen molar-refractivity contribution in [3.05, 3.63) is 106 Å². The van der Waals surface area contributed by atoms with Gasteiger partial charge in [0.25, 0.3) is 11.8 Å². The third kappa shape index (κ3) is 14.2. The van der Waals surface area contributed by atoms with Crippen LogP contribution in [0.25, 0.3) is 10.9 Å². The number of carbonyl (C=O) groups excluding carboxylic acids is 9. The summed E-state index contributed by atoms with van der Waals surface area (Å²) in [6, 6.07) is 11.9. The van der Waals surface area contributed by atoms with E-state index in [4.69, 9.17) is 5.73 Å². The van der Waals surface area contributed by atoms with E-state index >= 15 is 0 Å². The number of nitrogens with two attached hydrogens (primary N) is 1. The van der Waals surface area contributed by atoms with Gasteiger partial charge in [0.2, 0.25) is 41.4 Å². The number of hydrogen-bond acceptors (Lipinski definition) is 11. The van der Waals surface area contributed by atoms with E-state index in [0.717, 1.165) is 61.4 Å². The van der Waals surface area contributed by atoms with Gasteiger partial charge in [-0.05, 0) is 100.0 Å². The minimum Gasteiger partial charge on any atom is -0.370 e. The van der Waals surface area contributed by atoms with E-state index in [-0.39, 0.29) is 73.6 Å². The van der Waals surface area contributed by atoms with Crippen molar-refractivity contribution in [3.8, 4) is 11.8 Å². The third-order valence-corrected chi connectivity index (χ3v) is 16.4. The standard InChI is InChI=1S/C57H67F2N10O12P/c1-67-29-27-38-20-23-46(69(38)56(78)44(33-67)64-51(73)43-31-36-30-37(19-21-41(36)62-43)57(58,59)82(79,80)81)53(75)63-42(22-25-47(60)70)50(72)66-49(35-15-10-8-11-16-35)54(76)61-28-12-7-5-3-2-4-6-9-14-34-17-13-18-39-40(34)32-68(55(39)77)45-24-26-48(71)65-52(45)74/h8,10-11,13,15-19,21,30-31,38,42,44-46,49,62H,2-7,12,20,22-29,32-33H2,1H3,(H2,60,70)(H,61,76)(H,63,75)(H,64,73)(H,66,72)(H,65,71,74)(H2,79,80,81)/t38-,42+,44+,45?,46+,49-/m1/s1. The number of hydrogen-bond donors (Lipinski definition) is 9. The number of likely N-dealkylation sites (N-methyl/N-ethyl adjacent to an activating group) is 1. The summed E-state index contributed by atoms with van der Waals surface area (Å²) in [6.07, 6.45) is 6.74. The van der Waals surface area contributed by atoms with Gasteiger partial charge in [-0.3, -0.25) is 53.0 Å². The van der Waals surface area contributed by atoms with E-state index in [1.807, 2.05) is 11.0 Å². The maximum Gasteiger partial charge on any atom is 0.399 e. The van der Waals surface area contributed by atoms with Crippen LogP contribution in [0.3, 0.4) is 0 Å². The van der Waals surface area contributed by atoms with Crippen LogP contribution in [-0.2, 0) is 50.3 Å². The summed E-state index contributed by atoms with van der Waals surface area (Å²) in [6.45, 7) is 1.06. The van der Waals surface area contributed by atoms with E-state index in [1.54, 1.807) is 49.5 Å². The first-order valence-electron chi connectivity index (χ1n) is 27.5. The normalized spacial score (nSPS) is 20.1. The highest BCUT2D eigenvalue weighted by molar-refractivity contribution is 7.52. The summed E-state index contributed by atoms with van der Waals surface area (Å²) in [5, 5.41) is 13.5. The molecule has 1 unspecified atom stereocenters. The number of unbranched alkanes of at least 4 members (excludes halogenated alkanes) is 6. The number of aromatic nitrogens is 1. The van der Waals surface area contributed by atoms with Gasteiger partial charge in [-0.1, -0.05) is 80.0 Å².